The van der Waals surface area contributed by atoms with Crippen molar-refractivity contribution in [1.29, 1.82) is 0 Å². The Morgan fingerprint density at radius 3 is 2.87 bits per heavy atom. The predicted octanol–water partition coefficient (Wildman–Crippen LogP) is 1.39. The standard InChI is InChI=1S/C12H17NO2/c1-2-15-11-5-3-4-9(6-11)12(13)7-10(14)8-12/h3-6,10,14H,2,7-8,13H2,1H3. The fourth-order valence-electron chi connectivity index (χ4n) is 2.08. The minimum absolute atomic E-state index is 0.245. The Hall–Kier alpha value is -1.06. The second-order valence-corrected chi connectivity index (χ2v) is 4.18. The maximum absolute atomic E-state index is 9.31. The molecular formula is C12H17NO2. The number of ether oxygens (including phenoxy) is 1. The first-order valence-electron chi connectivity index (χ1n) is 5.34. The molecule has 1 aromatic rings. The van der Waals surface area contributed by atoms with E-state index in [1.54, 1.807) is 0 Å². The maximum Gasteiger partial charge on any atom is 0.119 e. The molecular weight excluding hydrogens is 190 g/mol. The van der Waals surface area contributed by atoms with Gasteiger partial charge < -0.3 is 15.6 Å². The normalized spacial score (nSPS) is 29.7. The van der Waals surface area contributed by atoms with Crippen molar-refractivity contribution in [1.82, 2.24) is 0 Å². The Bertz CT molecular complexity index is 345. The molecule has 0 spiro atoms. The largest absolute Gasteiger partial charge is 0.494 e. The molecule has 3 N–H and O–H groups in total. The van der Waals surface area contributed by atoms with Crippen molar-refractivity contribution in [2.45, 2.75) is 31.4 Å². The van der Waals surface area contributed by atoms with Gasteiger partial charge in [-0.3, -0.25) is 0 Å². The predicted molar refractivity (Wildman–Crippen MR) is 58.7 cm³/mol. The molecule has 0 bridgehead atoms. The molecule has 0 heterocycles. The quantitative estimate of drug-likeness (QED) is 0.787. The van der Waals surface area contributed by atoms with Gasteiger partial charge in [0.1, 0.15) is 5.75 Å². The maximum atomic E-state index is 9.31. The first kappa shape index (κ1) is 10.5. The number of hydrogen-bond donors (Lipinski definition) is 2. The average Bonchev–Trinajstić information content (AvgIpc) is 2.17. The van der Waals surface area contributed by atoms with Gasteiger partial charge in [-0.15, -0.1) is 0 Å². The fraction of sp³-hybridized carbons (Fsp3) is 0.500. The van der Waals surface area contributed by atoms with E-state index in [0.717, 1.165) is 11.3 Å². The zero-order valence-corrected chi connectivity index (χ0v) is 8.94. The third-order valence-corrected chi connectivity index (χ3v) is 2.92. The summed E-state index contributed by atoms with van der Waals surface area (Å²) < 4.78 is 5.42. The third kappa shape index (κ3) is 1.98. The first-order valence-corrected chi connectivity index (χ1v) is 5.34. The third-order valence-electron chi connectivity index (χ3n) is 2.92. The number of aliphatic hydroxyl groups is 1. The molecule has 0 unspecified atom stereocenters. The Kier molecular flexibility index (Phi) is 2.67. The summed E-state index contributed by atoms with van der Waals surface area (Å²) in [7, 11) is 0. The van der Waals surface area contributed by atoms with Crippen LogP contribution in [0.3, 0.4) is 0 Å². The Balaban J connectivity index is 2.18. The Morgan fingerprint density at radius 1 is 1.53 bits per heavy atom. The number of benzene rings is 1. The zero-order chi connectivity index (χ0) is 10.9. The number of hydrogen-bond acceptors (Lipinski definition) is 3. The van der Waals surface area contributed by atoms with Crippen LogP contribution in [0.4, 0.5) is 0 Å². The van der Waals surface area contributed by atoms with Crippen LogP contribution in [-0.2, 0) is 5.54 Å². The molecule has 0 aromatic heterocycles. The molecule has 3 heteroatoms. The van der Waals surface area contributed by atoms with Gasteiger partial charge in [0.05, 0.1) is 12.7 Å². The van der Waals surface area contributed by atoms with Gasteiger partial charge in [0.2, 0.25) is 0 Å². The van der Waals surface area contributed by atoms with Crippen LogP contribution in [0.15, 0.2) is 24.3 Å². The molecule has 0 amide bonds. The van der Waals surface area contributed by atoms with Gasteiger partial charge in [-0.05, 0) is 37.5 Å². The van der Waals surface area contributed by atoms with Crippen molar-refractivity contribution in [3.05, 3.63) is 29.8 Å². The molecule has 1 fully saturated rings. The minimum Gasteiger partial charge on any atom is -0.494 e. The summed E-state index contributed by atoms with van der Waals surface area (Å²) in [6.45, 7) is 2.61. The van der Waals surface area contributed by atoms with Gasteiger partial charge in [-0.1, -0.05) is 12.1 Å². The molecule has 1 aromatic carbocycles. The van der Waals surface area contributed by atoms with Crippen LogP contribution in [0, 0.1) is 0 Å². The molecule has 1 aliphatic carbocycles. The van der Waals surface area contributed by atoms with Gasteiger partial charge in [0.25, 0.3) is 0 Å². The Labute approximate surface area is 89.9 Å². The minimum atomic E-state index is -0.355. The van der Waals surface area contributed by atoms with Gasteiger partial charge in [0, 0.05) is 5.54 Å². The van der Waals surface area contributed by atoms with Crippen molar-refractivity contribution < 1.29 is 9.84 Å². The zero-order valence-electron chi connectivity index (χ0n) is 8.94. The highest BCUT2D eigenvalue weighted by atomic mass is 16.5. The summed E-state index contributed by atoms with van der Waals surface area (Å²) in [5, 5.41) is 9.31. The SMILES string of the molecule is CCOc1cccc(C2(N)CC(O)C2)c1. The van der Waals surface area contributed by atoms with Crippen LogP contribution in [-0.4, -0.2) is 17.8 Å². The summed E-state index contributed by atoms with van der Waals surface area (Å²) in [6.07, 6.45) is 1.04. The van der Waals surface area contributed by atoms with E-state index in [1.165, 1.54) is 0 Å². The van der Waals surface area contributed by atoms with Gasteiger partial charge in [-0.2, -0.15) is 0 Å². The Morgan fingerprint density at radius 2 is 2.27 bits per heavy atom. The van der Waals surface area contributed by atoms with Crippen LogP contribution in [0.1, 0.15) is 25.3 Å². The molecule has 1 aliphatic rings. The van der Waals surface area contributed by atoms with E-state index in [0.29, 0.717) is 19.4 Å². The van der Waals surface area contributed by atoms with Gasteiger partial charge in [0.15, 0.2) is 0 Å². The van der Waals surface area contributed by atoms with Gasteiger partial charge >= 0.3 is 0 Å². The number of aliphatic hydroxyl groups excluding tert-OH is 1. The van der Waals surface area contributed by atoms with Crippen LogP contribution < -0.4 is 10.5 Å². The number of rotatable bonds is 3. The van der Waals surface area contributed by atoms with Gasteiger partial charge in [-0.25, -0.2) is 0 Å². The van der Waals surface area contributed by atoms with Crippen molar-refractivity contribution in [3.63, 3.8) is 0 Å². The van der Waals surface area contributed by atoms with Crippen molar-refractivity contribution >= 4 is 0 Å². The van der Waals surface area contributed by atoms with Crippen LogP contribution in [0.5, 0.6) is 5.75 Å². The van der Waals surface area contributed by atoms with Crippen LogP contribution in [0.2, 0.25) is 0 Å². The molecule has 0 radical (unpaired) electrons. The van der Waals surface area contributed by atoms with Crippen LogP contribution >= 0.6 is 0 Å². The lowest BCUT2D eigenvalue weighted by Gasteiger charge is -2.42. The van der Waals surface area contributed by atoms with Crippen molar-refractivity contribution in [2.75, 3.05) is 6.61 Å². The monoisotopic (exact) mass is 207 g/mol. The molecule has 1 saturated carbocycles. The van der Waals surface area contributed by atoms with E-state index in [-0.39, 0.29) is 11.6 Å². The highest BCUT2D eigenvalue weighted by Crippen LogP contribution is 2.39. The van der Waals surface area contributed by atoms with Crippen molar-refractivity contribution in [2.24, 2.45) is 5.73 Å². The second-order valence-electron chi connectivity index (χ2n) is 4.18. The van der Waals surface area contributed by atoms with E-state index in [9.17, 15) is 5.11 Å². The highest BCUT2D eigenvalue weighted by molar-refractivity contribution is 5.35. The van der Waals surface area contributed by atoms with E-state index >= 15 is 0 Å². The summed E-state index contributed by atoms with van der Waals surface area (Å²) in [6, 6.07) is 7.83. The summed E-state index contributed by atoms with van der Waals surface area (Å²) >= 11 is 0. The van der Waals surface area contributed by atoms with E-state index in [2.05, 4.69) is 0 Å². The smallest absolute Gasteiger partial charge is 0.119 e. The summed E-state index contributed by atoms with van der Waals surface area (Å²) in [4.78, 5) is 0. The van der Waals surface area contributed by atoms with E-state index in [1.807, 2.05) is 31.2 Å². The summed E-state index contributed by atoms with van der Waals surface area (Å²) in [5.74, 6) is 0.848. The second kappa shape index (κ2) is 3.83. The van der Waals surface area contributed by atoms with Crippen LogP contribution in [0.25, 0.3) is 0 Å². The lowest BCUT2D eigenvalue weighted by atomic mass is 9.70. The van der Waals surface area contributed by atoms with E-state index in [4.69, 9.17) is 10.5 Å². The lowest BCUT2D eigenvalue weighted by Crippen LogP contribution is -2.51. The molecule has 2 rings (SSSR count). The fourth-order valence-corrected chi connectivity index (χ4v) is 2.08. The number of nitrogens with two attached hydrogens (primary N) is 1. The molecule has 0 saturated heterocycles. The highest BCUT2D eigenvalue weighted by Gasteiger charge is 2.41. The molecule has 15 heavy (non-hydrogen) atoms. The molecule has 82 valence electrons. The first-order chi connectivity index (χ1) is 7.14. The molecule has 0 aliphatic heterocycles. The van der Waals surface area contributed by atoms with E-state index < -0.39 is 0 Å². The molecule has 3 nitrogen and oxygen atoms in total. The summed E-state index contributed by atoms with van der Waals surface area (Å²) in [5.41, 5.74) is 6.86. The molecule has 0 atom stereocenters. The van der Waals surface area contributed by atoms with Crippen molar-refractivity contribution in [3.8, 4) is 5.75 Å². The topological polar surface area (TPSA) is 55.5 Å². The lowest BCUT2D eigenvalue weighted by molar-refractivity contribution is 0.0208. The average molecular weight is 207 g/mol.